The third kappa shape index (κ3) is 3.16. The summed E-state index contributed by atoms with van der Waals surface area (Å²) in [4.78, 5) is 14.4. The number of hydrogen-bond acceptors (Lipinski definition) is 5. The van der Waals surface area contributed by atoms with Crippen molar-refractivity contribution < 1.29 is 4.79 Å². The Labute approximate surface area is 156 Å². The molecule has 136 valence electrons. The Morgan fingerprint density at radius 3 is 3.00 bits per heavy atom. The number of aromatic nitrogens is 4. The van der Waals surface area contributed by atoms with Gasteiger partial charge in [-0.3, -0.25) is 5.10 Å². The molecule has 2 aromatic heterocycles. The SMILES string of the molecule is Cc1ccc2nsnc2c1NC(=O)N(C)Cc1n[nH]c2c1CCCCC2. The summed E-state index contributed by atoms with van der Waals surface area (Å²) < 4.78 is 8.56. The molecule has 1 aromatic carbocycles. The van der Waals surface area contributed by atoms with Gasteiger partial charge in [-0.2, -0.15) is 13.8 Å². The van der Waals surface area contributed by atoms with Crippen LogP contribution in [0.4, 0.5) is 10.5 Å². The molecule has 2 amide bonds. The van der Waals surface area contributed by atoms with E-state index in [0.717, 1.165) is 52.5 Å². The van der Waals surface area contributed by atoms with Crippen molar-refractivity contribution in [2.24, 2.45) is 0 Å². The molecule has 0 unspecified atom stereocenters. The van der Waals surface area contributed by atoms with E-state index >= 15 is 0 Å². The molecule has 1 aliphatic carbocycles. The molecule has 0 saturated heterocycles. The first-order chi connectivity index (χ1) is 12.6. The number of urea groups is 1. The predicted molar refractivity (Wildman–Crippen MR) is 102 cm³/mol. The molecule has 0 radical (unpaired) electrons. The van der Waals surface area contributed by atoms with E-state index in [1.807, 2.05) is 19.1 Å². The number of hydrogen-bond donors (Lipinski definition) is 2. The predicted octanol–water partition coefficient (Wildman–Crippen LogP) is 3.66. The van der Waals surface area contributed by atoms with Crippen LogP contribution in [0.5, 0.6) is 0 Å². The lowest BCUT2D eigenvalue weighted by Crippen LogP contribution is -2.31. The molecule has 0 atom stereocenters. The van der Waals surface area contributed by atoms with E-state index in [1.165, 1.54) is 30.5 Å². The average Bonchev–Trinajstić information content (AvgIpc) is 3.18. The molecule has 0 saturated carbocycles. The molecule has 2 heterocycles. The fraction of sp³-hybridized carbons (Fsp3) is 0.444. The largest absolute Gasteiger partial charge is 0.322 e. The minimum absolute atomic E-state index is 0.168. The molecular formula is C18H22N6OS. The smallest absolute Gasteiger partial charge is 0.322 e. The topological polar surface area (TPSA) is 86.8 Å². The van der Waals surface area contributed by atoms with Crippen LogP contribution in [0.25, 0.3) is 11.0 Å². The Kier molecular flexibility index (Phi) is 4.58. The molecule has 0 fully saturated rings. The van der Waals surface area contributed by atoms with Crippen LogP contribution < -0.4 is 5.32 Å². The van der Waals surface area contributed by atoms with Crippen LogP contribution in [0.2, 0.25) is 0 Å². The second kappa shape index (κ2) is 7.03. The van der Waals surface area contributed by atoms with Gasteiger partial charge < -0.3 is 10.2 Å². The highest BCUT2D eigenvalue weighted by atomic mass is 32.1. The van der Waals surface area contributed by atoms with Crippen LogP contribution in [0.15, 0.2) is 12.1 Å². The summed E-state index contributed by atoms with van der Waals surface area (Å²) in [6.07, 6.45) is 5.74. The summed E-state index contributed by atoms with van der Waals surface area (Å²) in [5, 5.41) is 10.6. The Hall–Kier alpha value is -2.48. The molecule has 0 aliphatic heterocycles. The van der Waals surface area contributed by atoms with Crippen molar-refractivity contribution in [1.29, 1.82) is 0 Å². The van der Waals surface area contributed by atoms with Gasteiger partial charge in [-0.15, -0.1) is 0 Å². The highest BCUT2D eigenvalue weighted by Crippen LogP contribution is 2.26. The van der Waals surface area contributed by atoms with Crippen molar-refractivity contribution in [1.82, 2.24) is 23.8 Å². The van der Waals surface area contributed by atoms with Gasteiger partial charge >= 0.3 is 6.03 Å². The average molecular weight is 370 g/mol. The minimum Gasteiger partial charge on any atom is -0.322 e. The zero-order chi connectivity index (χ0) is 18.1. The summed E-state index contributed by atoms with van der Waals surface area (Å²) >= 11 is 1.15. The third-order valence-corrected chi connectivity index (χ3v) is 5.54. The summed E-state index contributed by atoms with van der Waals surface area (Å²) in [5.74, 6) is 0. The molecule has 0 spiro atoms. The van der Waals surface area contributed by atoms with E-state index in [2.05, 4.69) is 24.3 Å². The van der Waals surface area contributed by atoms with Crippen molar-refractivity contribution in [3.8, 4) is 0 Å². The van der Waals surface area contributed by atoms with Crippen molar-refractivity contribution in [2.75, 3.05) is 12.4 Å². The normalized spacial score (nSPS) is 14.1. The number of fused-ring (bicyclic) bond motifs is 2. The number of aryl methyl sites for hydroxylation is 2. The van der Waals surface area contributed by atoms with Gasteiger partial charge in [0, 0.05) is 12.7 Å². The number of nitrogens with zero attached hydrogens (tertiary/aromatic N) is 4. The van der Waals surface area contributed by atoms with Crippen molar-refractivity contribution >= 4 is 34.5 Å². The Morgan fingerprint density at radius 1 is 1.27 bits per heavy atom. The van der Waals surface area contributed by atoms with Crippen LogP contribution in [0.3, 0.4) is 0 Å². The van der Waals surface area contributed by atoms with Gasteiger partial charge in [0.05, 0.1) is 29.7 Å². The van der Waals surface area contributed by atoms with Gasteiger partial charge in [0.1, 0.15) is 11.0 Å². The minimum atomic E-state index is -0.168. The first-order valence-corrected chi connectivity index (χ1v) is 9.65. The van der Waals surface area contributed by atoms with Crippen LogP contribution in [-0.2, 0) is 19.4 Å². The number of amides is 2. The van der Waals surface area contributed by atoms with Gasteiger partial charge in [-0.05, 0) is 49.8 Å². The lowest BCUT2D eigenvalue weighted by Gasteiger charge is -2.18. The number of aromatic amines is 1. The molecule has 4 rings (SSSR count). The lowest BCUT2D eigenvalue weighted by atomic mass is 10.1. The third-order valence-electron chi connectivity index (χ3n) is 4.99. The Bertz CT molecular complexity index is 946. The molecule has 8 heteroatoms. The monoisotopic (exact) mass is 370 g/mol. The quantitative estimate of drug-likeness (QED) is 0.689. The maximum Gasteiger partial charge on any atom is 0.322 e. The fourth-order valence-electron chi connectivity index (χ4n) is 3.47. The Morgan fingerprint density at radius 2 is 2.12 bits per heavy atom. The molecular weight excluding hydrogens is 348 g/mol. The number of rotatable bonds is 3. The lowest BCUT2D eigenvalue weighted by molar-refractivity contribution is 0.220. The van der Waals surface area contributed by atoms with Crippen molar-refractivity contribution in [3.63, 3.8) is 0 Å². The van der Waals surface area contributed by atoms with E-state index in [4.69, 9.17) is 0 Å². The molecule has 2 N–H and O–H groups in total. The fourth-order valence-corrected chi connectivity index (χ4v) is 4.01. The number of nitrogens with one attached hydrogen (secondary N) is 2. The summed E-state index contributed by atoms with van der Waals surface area (Å²) in [6.45, 7) is 2.45. The second-order valence-corrected chi connectivity index (χ2v) is 7.39. The molecule has 0 bridgehead atoms. The van der Waals surface area contributed by atoms with Crippen molar-refractivity contribution in [2.45, 2.75) is 45.6 Å². The zero-order valence-electron chi connectivity index (χ0n) is 15.0. The first kappa shape index (κ1) is 17.0. The summed E-state index contributed by atoms with van der Waals surface area (Å²) in [7, 11) is 1.79. The molecule has 26 heavy (non-hydrogen) atoms. The van der Waals surface area contributed by atoms with Crippen LogP contribution in [-0.4, -0.2) is 36.9 Å². The second-order valence-electron chi connectivity index (χ2n) is 6.86. The van der Waals surface area contributed by atoms with E-state index in [1.54, 1.807) is 11.9 Å². The highest BCUT2D eigenvalue weighted by molar-refractivity contribution is 7.00. The molecule has 3 aromatic rings. The van der Waals surface area contributed by atoms with Gasteiger partial charge in [0.15, 0.2) is 0 Å². The van der Waals surface area contributed by atoms with Gasteiger partial charge in [-0.1, -0.05) is 12.5 Å². The first-order valence-electron chi connectivity index (χ1n) is 8.92. The van der Waals surface area contributed by atoms with Gasteiger partial charge in [0.2, 0.25) is 0 Å². The summed E-state index contributed by atoms with van der Waals surface area (Å²) in [6, 6.07) is 3.71. The number of carbonyl (C=O) groups is 1. The van der Waals surface area contributed by atoms with Gasteiger partial charge in [-0.25, -0.2) is 4.79 Å². The number of anilines is 1. The standard InChI is InChI=1S/C18H22N6OS/c1-11-8-9-14-17(23-26-22-14)16(11)19-18(25)24(2)10-15-12-6-4-3-5-7-13(12)20-21-15/h8-9H,3-7,10H2,1-2H3,(H,19,25)(H,20,21). The maximum atomic E-state index is 12.7. The molecule has 7 nitrogen and oxygen atoms in total. The van der Waals surface area contributed by atoms with E-state index < -0.39 is 0 Å². The van der Waals surface area contributed by atoms with Crippen molar-refractivity contribution in [3.05, 3.63) is 34.6 Å². The summed E-state index contributed by atoms with van der Waals surface area (Å²) in [5.41, 5.74) is 6.76. The number of carbonyl (C=O) groups excluding carboxylic acids is 1. The van der Waals surface area contributed by atoms with Crippen LogP contribution in [0, 0.1) is 6.92 Å². The van der Waals surface area contributed by atoms with E-state index in [-0.39, 0.29) is 6.03 Å². The van der Waals surface area contributed by atoms with Crippen LogP contribution >= 0.6 is 11.7 Å². The highest BCUT2D eigenvalue weighted by Gasteiger charge is 2.20. The number of H-pyrrole nitrogens is 1. The Balaban J connectivity index is 1.51. The maximum absolute atomic E-state index is 12.7. The van der Waals surface area contributed by atoms with E-state index in [9.17, 15) is 4.79 Å². The zero-order valence-corrected chi connectivity index (χ0v) is 15.8. The van der Waals surface area contributed by atoms with Gasteiger partial charge in [0.25, 0.3) is 0 Å². The number of benzene rings is 1. The van der Waals surface area contributed by atoms with Crippen LogP contribution in [0.1, 0.15) is 41.8 Å². The molecule has 1 aliphatic rings. The van der Waals surface area contributed by atoms with E-state index in [0.29, 0.717) is 6.54 Å².